The summed E-state index contributed by atoms with van der Waals surface area (Å²) in [6.07, 6.45) is 4.13. The molecule has 162 valence electrons. The fourth-order valence-electron chi connectivity index (χ4n) is 3.80. The van der Waals surface area contributed by atoms with Gasteiger partial charge in [0.1, 0.15) is 28.1 Å². The van der Waals surface area contributed by atoms with Gasteiger partial charge in [0.15, 0.2) is 0 Å². The largest absolute Gasteiger partial charge is 0.508 e. The van der Waals surface area contributed by atoms with Gasteiger partial charge in [-0.1, -0.05) is 6.92 Å². The Morgan fingerprint density at radius 2 is 2.06 bits per heavy atom. The minimum absolute atomic E-state index is 0.00221. The lowest BCUT2D eigenvalue weighted by Crippen LogP contribution is -2.46. The van der Waals surface area contributed by atoms with Crippen LogP contribution in [0.3, 0.4) is 0 Å². The van der Waals surface area contributed by atoms with Crippen LogP contribution >= 0.6 is 11.3 Å². The molecule has 4 N–H and O–H groups in total. The third-order valence-corrected chi connectivity index (χ3v) is 5.92. The number of thiazole rings is 1. The first-order chi connectivity index (χ1) is 14.8. The number of rotatable bonds is 4. The van der Waals surface area contributed by atoms with Crippen molar-refractivity contribution in [1.29, 1.82) is 0 Å². The van der Waals surface area contributed by atoms with Crippen LogP contribution in [-0.4, -0.2) is 40.1 Å². The van der Waals surface area contributed by atoms with Crippen molar-refractivity contribution in [3.05, 3.63) is 53.3 Å². The highest BCUT2D eigenvalue weighted by atomic mass is 32.1. The molecule has 1 aromatic carbocycles. The number of halogens is 2. The number of nitrogens with zero attached hydrogens (tertiary/aromatic N) is 3. The van der Waals surface area contributed by atoms with Gasteiger partial charge in [-0.25, -0.2) is 13.8 Å². The number of piperidine rings is 1. The summed E-state index contributed by atoms with van der Waals surface area (Å²) in [6.45, 7) is 3.60. The number of pyridine rings is 1. The second kappa shape index (κ2) is 8.56. The highest BCUT2D eigenvalue weighted by molar-refractivity contribution is 7.13. The molecule has 1 saturated heterocycles. The molecule has 0 radical (unpaired) electrons. The lowest BCUT2D eigenvalue weighted by Gasteiger charge is -2.37. The Morgan fingerprint density at radius 3 is 2.77 bits per heavy atom. The molecule has 2 aromatic heterocycles. The van der Waals surface area contributed by atoms with Gasteiger partial charge in [-0.05, 0) is 18.4 Å². The van der Waals surface area contributed by atoms with Crippen LogP contribution < -0.4 is 16.0 Å². The second-order valence-corrected chi connectivity index (χ2v) is 8.53. The molecule has 1 aliphatic heterocycles. The van der Waals surface area contributed by atoms with Crippen LogP contribution in [-0.2, 0) is 0 Å². The number of nitrogens with one attached hydrogen (secondary N) is 1. The molecule has 2 atom stereocenters. The molecule has 1 amide bonds. The number of carbonyl (C=O) groups excluding carboxylic acids is 1. The number of phenolic OH excluding ortho intramolecular Hbond substituents is 1. The number of nitrogens with two attached hydrogens (primary N) is 1. The summed E-state index contributed by atoms with van der Waals surface area (Å²) in [5.41, 5.74) is 7.09. The van der Waals surface area contributed by atoms with E-state index in [1.54, 1.807) is 12.4 Å². The number of aromatic hydroxyl groups is 1. The van der Waals surface area contributed by atoms with Crippen LogP contribution in [0.2, 0.25) is 0 Å². The molecule has 0 spiro atoms. The zero-order chi connectivity index (χ0) is 22.1. The van der Waals surface area contributed by atoms with Crippen molar-refractivity contribution >= 4 is 28.6 Å². The predicted octanol–water partition coefficient (Wildman–Crippen LogP) is 3.61. The summed E-state index contributed by atoms with van der Waals surface area (Å²) in [5.74, 6) is -2.54. The third kappa shape index (κ3) is 4.49. The molecule has 0 saturated carbocycles. The maximum absolute atomic E-state index is 14.1. The first-order valence-electron chi connectivity index (χ1n) is 9.71. The molecule has 10 heteroatoms. The van der Waals surface area contributed by atoms with Crippen molar-refractivity contribution in [2.24, 2.45) is 11.7 Å². The lowest BCUT2D eigenvalue weighted by atomic mass is 9.96. The average Bonchev–Trinajstić information content (AvgIpc) is 3.16. The number of benzene rings is 1. The van der Waals surface area contributed by atoms with Gasteiger partial charge >= 0.3 is 0 Å². The maximum atomic E-state index is 14.1. The quantitative estimate of drug-likeness (QED) is 0.567. The fourth-order valence-corrected chi connectivity index (χ4v) is 4.65. The van der Waals surface area contributed by atoms with Gasteiger partial charge in [0, 0.05) is 42.8 Å². The third-order valence-electron chi connectivity index (χ3n) is 5.06. The van der Waals surface area contributed by atoms with Crippen molar-refractivity contribution < 1.29 is 18.7 Å². The first kappa shape index (κ1) is 21.1. The Kier molecular flexibility index (Phi) is 5.84. The van der Waals surface area contributed by atoms with E-state index in [2.05, 4.69) is 27.1 Å². The Bertz CT molecular complexity index is 1090. The van der Waals surface area contributed by atoms with E-state index in [4.69, 9.17) is 5.73 Å². The molecular weight excluding hydrogens is 424 g/mol. The van der Waals surface area contributed by atoms with Crippen LogP contribution in [0.15, 0.2) is 36.0 Å². The predicted molar refractivity (Wildman–Crippen MR) is 115 cm³/mol. The highest BCUT2D eigenvalue weighted by Gasteiger charge is 2.25. The minimum atomic E-state index is -0.955. The summed E-state index contributed by atoms with van der Waals surface area (Å²) >= 11 is 0.932. The SMILES string of the molecule is C[C@@H]1C[C@H](N)CN(c2ccncc2NC(=O)c2csc(-c3c(F)cc(O)cc3F)n2)C1. The van der Waals surface area contributed by atoms with Crippen molar-refractivity contribution in [2.45, 2.75) is 19.4 Å². The second-order valence-electron chi connectivity index (χ2n) is 7.68. The molecule has 3 heterocycles. The smallest absolute Gasteiger partial charge is 0.275 e. The zero-order valence-electron chi connectivity index (χ0n) is 16.7. The van der Waals surface area contributed by atoms with E-state index in [0.717, 1.165) is 42.1 Å². The number of anilines is 2. The summed E-state index contributed by atoms with van der Waals surface area (Å²) in [5, 5.41) is 13.5. The van der Waals surface area contributed by atoms with Crippen molar-refractivity contribution in [3.63, 3.8) is 0 Å². The van der Waals surface area contributed by atoms with Gasteiger partial charge in [0.2, 0.25) is 0 Å². The molecule has 1 fully saturated rings. The van der Waals surface area contributed by atoms with Crippen LogP contribution in [0.1, 0.15) is 23.8 Å². The molecule has 0 unspecified atom stereocenters. The normalized spacial score (nSPS) is 18.8. The standard InChI is InChI=1S/C21H21F2N5O2S/c1-11-4-12(24)9-28(8-11)18-2-3-25-7-16(18)26-20(30)17-10-31-21(27-17)19-14(22)5-13(29)6-15(19)23/h2-3,5-7,10-12,29H,4,8-9,24H2,1H3,(H,26,30)/t11-,12+/m1/s1. The maximum Gasteiger partial charge on any atom is 0.275 e. The van der Waals surface area contributed by atoms with E-state index in [-0.39, 0.29) is 22.3 Å². The van der Waals surface area contributed by atoms with Crippen LogP contribution in [0.5, 0.6) is 5.75 Å². The molecule has 7 nitrogen and oxygen atoms in total. The van der Waals surface area contributed by atoms with Crippen LogP contribution in [0, 0.1) is 17.6 Å². The van der Waals surface area contributed by atoms with E-state index in [1.807, 2.05) is 6.07 Å². The number of aromatic nitrogens is 2. The van der Waals surface area contributed by atoms with Crippen LogP contribution in [0.25, 0.3) is 10.6 Å². The number of hydrogen-bond acceptors (Lipinski definition) is 7. The van der Waals surface area contributed by atoms with Gasteiger partial charge in [0.25, 0.3) is 5.91 Å². The minimum Gasteiger partial charge on any atom is -0.508 e. The Balaban J connectivity index is 1.57. The lowest BCUT2D eigenvalue weighted by molar-refractivity contribution is 0.102. The summed E-state index contributed by atoms with van der Waals surface area (Å²) < 4.78 is 28.2. The first-order valence-corrected chi connectivity index (χ1v) is 10.6. The number of carbonyl (C=O) groups is 1. The van der Waals surface area contributed by atoms with Gasteiger partial charge in [-0.15, -0.1) is 11.3 Å². The van der Waals surface area contributed by atoms with Gasteiger partial charge in [-0.2, -0.15) is 0 Å². The Labute approximate surface area is 181 Å². The van der Waals surface area contributed by atoms with E-state index < -0.39 is 23.3 Å². The molecule has 4 rings (SSSR count). The molecule has 3 aromatic rings. The summed E-state index contributed by atoms with van der Waals surface area (Å²) in [7, 11) is 0. The van der Waals surface area contributed by atoms with Gasteiger partial charge in [-0.3, -0.25) is 9.78 Å². The topological polar surface area (TPSA) is 104 Å². The number of hydrogen-bond donors (Lipinski definition) is 3. The summed E-state index contributed by atoms with van der Waals surface area (Å²) in [6, 6.07) is 3.45. The van der Waals surface area contributed by atoms with E-state index in [0.29, 0.717) is 18.2 Å². The van der Waals surface area contributed by atoms with E-state index >= 15 is 0 Å². The Morgan fingerprint density at radius 1 is 1.32 bits per heavy atom. The molecular formula is C21H21F2N5O2S. The van der Waals surface area contributed by atoms with E-state index in [1.165, 1.54) is 5.38 Å². The zero-order valence-corrected chi connectivity index (χ0v) is 17.5. The van der Waals surface area contributed by atoms with Gasteiger partial charge in [0.05, 0.1) is 23.1 Å². The molecule has 0 bridgehead atoms. The average molecular weight is 445 g/mol. The number of amides is 1. The summed E-state index contributed by atoms with van der Waals surface area (Å²) in [4.78, 5) is 23.1. The highest BCUT2D eigenvalue weighted by Crippen LogP contribution is 2.33. The number of phenols is 1. The fraction of sp³-hybridized carbons (Fsp3) is 0.286. The van der Waals surface area contributed by atoms with Crippen molar-refractivity contribution in [3.8, 4) is 16.3 Å². The van der Waals surface area contributed by atoms with Crippen molar-refractivity contribution in [2.75, 3.05) is 23.3 Å². The van der Waals surface area contributed by atoms with Gasteiger partial charge < -0.3 is 21.1 Å². The monoisotopic (exact) mass is 445 g/mol. The molecule has 31 heavy (non-hydrogen) atoms. The van der Waals surface area contributed by atoms with Crippen molar-refractivity contribution in [1.82, 2.24) is 9.97 Å². The van der Waals surface area contributed by atoms with Crippen LogP contribution in [0.4, 0.5) is 20.2 Å². The molecule has 1 aliphatic rings. The van der Waals surface area contributed by atoms with E-state index in [9.17, 15) is 18.7 Å². The Hall–Kier alpha value is -3.11. The molecule has 0 aliphatic carbocycles.